The largest absolute Gasteiger partial charge is 0.494 e. The Bertz CT molecular complexity index is 1710. The van der Waals surface area contributed by atoms with Crippen LogP contribution in [0.4, 0.5) is 5.69 Å². The number of sulfonamides is 1. The second-order valence-corrected chi connectivity index (χ2v) is 13.8. The van der Waals surface area contributed by atoms with Crippen LogP contribution in [-0.2, 0) is 32.6 Å². The summed E-state index contributed by atoms with van der Waals surface area (Å²) in [6.45, 7) is 6.31. The Kier molecular flexibility index (Phi) is 12.9. The minimum atomic E-state index is -4.20. The summed E-state index contributed by atoms with van der Waals surface area (Å²) in [7, 11) is -4.20. The number of thioether (sulfide) groups is 1. The van der Waals surface area contributed by atoms with E-state index in [0.29, 0.717) is 24.6 Å². The highest BCUT2D eigenvalue weighted by molar-refractivity contribution is 7.98. The van der Waals surface area contributed by atoms with Crippen molar-refractivity contribution in [1.29, 1.82) is 0 Å². The lowest BCUT2D eigenvalue weighted by Gasteiger charge is -2.34. The molecule has 1 N–H and O–H groups in total. The van der Waals surface area contributed by atoms with Gasteiger partial charge in [-0.05, 0) is 91.7 Å². The molecular weight excluding hydrogens is 631 g/mol. The van der Waals surface area contributed by atoms with Gasteiger partial charge in [-0.1, -0.05) is 61.5 Å². The van der Waals surface area contributed by atoms with Crippen LogP contribution in [0.1, 0.15) is 37.0 Å². The number of hydrogen-bond acceptors (Lipinski definition) is 6. The summed E-state index contributed by atoms with van der Waals surface area (Å²) in [6, 6.07) is 29.6. The summed E-state index contributed by atoms with van der Waals surface area (Å²) >= 11 is 1.51. The fraction of sp³-hybridized carbons (Fsp3) is 0.297. The Labute approximate surface area is 283 Å². The molecule has 10 heteroatoms. The molecule has 0 bridgehead atoms. The standard InChI is InChI=1S/C37H43N3O5S2/c1-5-24-38-37(42)35(25-29-13-8-7-9-14-29)39(26-30-15-11-10-12-28(30)3)36(41)27-40(31-16-18-32(19-17-31)45-6-2)47(43,44)34-22-20-33(46-4)21-23-34/h7-23,35H,5-6,24-27H2,1-4H3,(H,38,42). The summed E-state index contributed by atoms with van der Waals surface area (Å²) < 4.78 is 35.3. The van der Waals surface area contributed by atoms with Gasteiger partial charge in [0.05, 0.1) is 17.2 Å². The zero-order valence-corrected chi connectivity index (χ0v) is 29.0. The van der Waals surface area contributed by atoms with Gasteiger partial charge in [-0.25, -0.2) is 8.42 Å². The monoisotopic (exact) mass is 673 g/mol. The van der Waals surface area contributed by atoms with Crippen LogP contribution in [0.2, 0.25) is 0 Å². The van der Waals surface area contributed by atoms with E-state index in [1.165, 1.54) is 16.7 Å². The molecule has 0 heterocycles. The first-order valence-electron chi connectivity index (χ1n) is 15.7. The number of carbonyl (C=O) groups excluding carboxylic acids is 2. The molecule has 4 rings (SSSR count). The van der Waals surface area contributed by atoms with Crippen LogP contribution in [0, 0.1) is 6.92 Å². The van der Waals surface area contributed by atoms with Crippen LogP contribution in [0.5, 0.6) is 5.75 Å². The molecule has 2 amide bonds. The average molecular weight is 674 g/mol. The fourth-order valence-corrected chi connectivity index (χ4v) is 6.99. The first kappa shape index (κ1) is 35.6. The van der Waals surface area contributed by atoms with Gasteiger partial charge in [0.1, 0.15) is 18.3 Å². The Hall–Kier alpha value is -4.28. The third-order valence-electron chi connectivity index (χ3n) is 7.78. The van der Waals surface area contributed by atoms with Crippen LogP contribution < -0.4 is 14.4 Å². The van der Waals surface area contributed by atoms with Crippen LogP contribution in [0.3, 0.4) is 0 Å². The van der Waals surface area contributed by atoms with E-state index >= 15 is 0 Å². The average Bonchev–Trinajstić information content (AvgIpc) is 3.09. The Morgan fingerprint density at radius 3 is 2.15 bits per heavy atom. The minimum Gasteiger partial charge on any atom is -0.494 e. The lowest BCUT2D eigenvalue weighted by atomic mass is 10.0. The maximum Gasteiger partial charge on any atom is 0.264 e. The Morgan fingerprint density at radius 1 is 0.872 bits per heavy atom. The molecule has 0 radical (unpaired) electrons. The summed E-state index contributed by atoms with van der Waals surface area (Å²) in [5.41, 5.74) is 3.02. The van der Waals surface area contributed by atoms with E-state index in [0.717, 1.165) is 32.3 Å². The molecule has 0 aliphatic heterocycles. The van der Waals surface area contributed by atoms with Crippen molar-refractivity contribution >= 4 is 39.3 Å². The summed E-state index contributed by atoms with van der Waals surface area (Å²) in [5, 5.41) is 2.98. The van der Waals surface area contributed by atoms with Crippen LogP contribution in [-0.4, -0.2) is 57.1 Å². The minimum absolute atomic E-state index is 0.0592. The molecule has 1 atom stereocenters. The van der Waals surface area contributed by atoms with Gasteiger partial charge in [-0.3, -0.25) is 13.9 Å². The molecule has 0 saturated heterocycles. The van der Waals surface area contributed by atoms with Crippen molar-refractivity contribution in [2.75, 3.05) is 30.3 Å². The predicted molar refractivity (Wildman–Crippen MR) is 189 cm³/mol. The maximum absolute atomic E-state index is 14.6. The third kappa shape index (κ3) is 9.39. The van der Waals surface area contributed by atoms with Gasteiger partial charge < -0.3 is 15.0 Å². The van der Waals surface area contributed by atoms with E-state index < -0.39 is 28.5 Å². The molecule has 0 aliphatic carbocycles. The molecule has 0 spiro atoms. The second kappa shape index (κ2) is 17.0. The molecule has 4 aromatic carbocycles. The van der Waals surface area contributed by atoms with Crippen molar-refractivity contribution in [3.63, 3.8) is 0 Å². The van der Waals surface area contributed by atoms with Gasteiger partial charge in [0, 0.05) is 24.4 Å². The molecule has 0 aromatic heterocycles. The second-order valence-electron chi connectivity index (χ2n) is 11.1. The zero-order valence-electron chi connectivity index (χ0n) is 27.4. The number of ether oxygens (including phenoxy) is 1. The predicted octanol–water partition coefficient (Wildman–Crippen LogP) is 6.48. The van der Waals surface area contributed by atoms with Crippen LogP contribution >= 0.6 is 11.8 Å². The highest BCUT2D eigenvalue weighted by Gasteiger charge is 2.34. The van der Waals surface area contributed by atoms with Crippen LogP contribution in [0.25, 0.3) is 0 Å². The lowest BCUT2D eigenvalue weighted by molar-refractivity contribution is -0.140. The van der Waals surface area contributed by atoms with Gasteiger partial charge in [0.15, 0.2) is 0 Å². The third-order valence-corrected chi connectivity index (χ3v) is 10.3. The van der Waals surface area contributed by atoms with E-state index in [9.17, 15) is 18.0 Å². The number of aryl methyl sites for hydroxylation is 1. The van der Waals surface area contributed by atoms with Gasteiger partial charge in [0.25, 0.3) is 10.0 Å². The van der Waals surface area contributed by atoms with Gasteiger partial charge in [-0.15, -0.1) is 11.8 Å². The van der Waals surface area contributed by atoms with E-state index in [1.807, 2.05) is 81.6 Å². The highest BCUT2D eigenvalue weighted by Crippen LogP contribution is 2.28. The smallest absolute Gasteiger partial charge is 0.264 e. The molecule has 248 valence electrons. The molecule has 0 aliphatic rings. The number of amides is 2. The lowest BCUT2D eigenvalue weighted by Crippen LogP contribution is -2.53. The summed E-state index contributed by atoms with van der Waals surface area (Å²) in [4.78, 5) is 30.9. The molecule has 47 heavy (non-hydrogen) atoms. The molecule has 0 saturated carbocycles. The zero-order chi connectivity index (χ0) is 33.8. The summed E-state index contributed by atoms with van der Waals surface area (Å²) in [5.74, 6) is -0.208. The molecule has 4 aromatic rings. The number of anilines is 1. The van der Waals surface area contributed by atoms with Crippen molar-refractivity contribution in [3.8, 4) is 5.75 Å². The Morgan fingerprint density at radius 2 is 1.53 bits per heavy atom. The highest BCUT2D eigenvalue weighted by atomic mass is 32.2. The normalized spacial score (nSPS) is 11.8. The van der Waals surface area contributed by atoms with Crippen molar-refractivity contribution in [2.24, 2.45) is 0 Å². The topological polar surface area (TPSA) is 96.0 Å². The van der Waals surface area contributed by atoms with E-state index in [2.05, 4.69) is 5.32 Å². The number of nitrogens with zero attached hydrogens (tertiary/aromatic N) is 2. The molecule has 8 nitrogen and oxygen atoms in total. The van der Waals surface area contributed by atoms with Crippen molar-refractivity contribution in [3.05, 3.63) is 120 Å². The first-order valence-corrected chi connectivity index (χ1v) is 18.4. The van der Waals surface area contributed by atoms with Gasteiger partial charge in [-0.2, -0.15) is 0 Å². The van der Waals surface area contributed by atoms with Crippen molar-refractivity contribution in [2.45, 2.75) is 56.0 Å². The first-order chi connectivity index (χ1) is 22.7. The molecule has 1 unspecified atom stereocenters. The number of carbonyl (C=O) groups is 2. The molecular formula is C37H43N3O5S2. The number of rotatable bonds is 16. The van der Waals surface area contributed by atoms with Crippen LogP contribution in [0.15, 0.2) is 113 Å². The summed E-state index contributed by atoms with van der Waals surface area (Å²) in [6.07, 6.45) is 2.91. The quantitative estimate of drug-likeness (QED) is 0.137. The fourth-order valence-electron chi connectivity index (χ4n) is 5.17. The number of nitrogens with one attached hydrogen (secondary N) is 1. The van der Waals surface area contributed by atoms with Crippen molar-refractivity contribution in [1.82, 2.24) is 10.2 Å². The SMILES string of the molecule is CCCNC(=O)C(Cc1ccccc1)N(Cc1ccccc1C)C(=O)CN(c1ccc(OCC)cc1)S(=O)(=O)c1ccc(SC)cc1. The molecule has 0 fully saturated rings. The van der Waals surface area contributed by atoms with Gasteiger partial charge in [0.2, 0.25) is 11.8 Å². The van der Waals surface area contributed by atoms with E-state index in [4.69, 9.17) is 4.74 Å². The number of hydrogen-bond donors (Lipinski definition) is 1. The maximum atomic E-state index is 14.6. The van der Waals surface area contributed by atoms with Crippen molar-refractivity contribution < 1.29 is 22.7 Å². The van der Waals surface area contributed by atoms with E-state index in [-0.39, 0.29) is 23.8 Å². The van der Waals surface area contributed by atoms with E-state index in [1.54, 1.807) is 48.5 Å². The number of benzene rings is 4. The van der Waals surface area contributed by atoms with Gasteiger partial charge >= 0.3 is 0 Å². The Balaban J connectivity index is 1.80.